The van der Waals surface area contributed by atoms with Gasteiger partial charge in [-0.25, -0.2) is 8.42 Å². The van der Waals surface area contributed by atoms with E-state index >= 15 is 0 Å². The van der Waals surface area contributed by atoms with E-state index in [1.807, 2.05) is 0 Å². The van der Waals surface area contributed by atoms with Gasteiger partial charge >= 0.3 is 47.5 Å². The Hall–Kier alpha value is -0.720. The molecule has 1 saturated heterocycles. The van der Waals surface area contributed by atoms with E-state index in [9.17, 15) is 32.5 Å². The molecule has 0 saturated carbocycles. The Morgan fingerprint density at radius 3 is 1.77 bits per heavy atom. The van der Waals surface area contributed by atoms with E-state index in [-0.39, 0.29) is 36.0 Å². The van der Waals surface area contributed by atoms with Gasteiger partial charge in [0, 0.05) is 6.42 Å². The first-order valence-electron chi connectivity index (χ1n) is 14.7. The molecule has 1 heterocycles. The number of esters is 3. The van der Waals surface area contributed by atoms with Crippen LogP contribution in [0.4, 0.5) is 0 Å². The van der Waals surface area contributed by atoms with Crippen LogP contribution < -0.4 is 29.6 Å². The van der Waals surface area contributed by atoms with Crippen molar-refractivity contribution in [1.29, 1.82) is 0 Å². The molecular formula is C28H49NaO10S. The number of carbonyl (C=O) groups is 3. The second kappa shape index (κ2) is 22.8. The van der Waals surface area contributed by atoms with Crippen molar-refractivity contribution in [3.8, 4) is 0 Å². The minimum atomic E-state index is -5.14. The number of aliphatic hydroxyl groups is 1. The second-order valence-corrected chi connectivity index (χ2v) is 12.4. The summed E-state index contributed by atoms with van der Waals surface area (Å²) in [5.74, 6) is -3.00. The van der Waals surface area contributed by atoms with E-state index in [0.29, 0.717) is 6.42 Å². The molecule has 0 bridgehead atoms. The fourth-order valence-corrected chi connectivity index (χ4v) is 5.09. The van der Waals surface area contributed by atoms with Crippen LogP contribution in [0.1, 0.15) is 122 Å². The van der Waals surface area contributed by atoms with Gasteiger partial charge in [-0.3, -0.25) is 14.4 Å². The van der Waals surface area contributed by atoms with Gasteiger partial charge in [-0.2, -0.15) is 0 Å². The van der Waals surface area contributed by atoms with Crippen LogP contribution in [0.25, 0.3) is 0 Å². The van der Waals surface area contributed by atoms with E-state index in [0.717, 1.165) is 19.3 Å². The maximum Gasteiger partial charge on any atom is 1.00 e. The second-order valence-electron chi connectivity index (χ2n) is 10.8. The largest absolute Gasteiger partial charge is 1.00 e. The van der Waals surface area contributed by atoms with Crippen LogP contribution in [0.3, 0.4) is 0 Å². The Bertz CT molecular complexity index is 820. The number of aliphatic hydroxyl groups excluding tert-OH is 1. The number of cyclic esters (lactones) is 2. The van der Waals surface area contributed by atoms with Gasteiger partial charge in [-0.1, -0.05) is 103 Å². The van der Waals surface area contributed by atoms with Crippen LogP contribution in [-0.2, 0) is 38.7 Å². The summed E-state index contributed by atoms with van der Waals surface area (Å²) in [5, 5.41) is 7.61. The van der Waals surface area contributed by atoms with Crippen molar-refractivity contribution in [2.24, 2.45) is 5.41 Å². The molecule has 1 N–H and O–H groups in total. The molecule has 1 rings (SSSR count). The maximum atomic E-state index is 12.2. The predicted molar refractivity (Wildman–Crippen MR) is 145 cm³/mol. The number of ether oxygens (including phenoxy) is 3. The summed E-state index contributed by atoms with van der Waals surface area (Å²) in [5.41, 5.74) is -1.45. The molecule has 2 atom stereocenters. The Morgan fingerprint density at radius 1 is 0.875 bits per heavy atom. The molecule has 12 heteroatoms. The van der Waals surface area contributed by atoms with Crippen molar-refractivity contribution in [2.45, 2.75) is 128 Å². The van der Waals surface area contributed by atoms with Gasteiger partial charge in [0.15, 0.2) is 5.25 Å². The predicted octanol–water partition coefficient (Wildman–Crippen LogP) is 1.57. The third-order valence-corrected chi connectivity index (χ3v) is 8.19. The minimum Gasteiger partial charge on any atom is -0.747 e. The fraction of sp³-hybridized carbons (Fsp3) is 0.893. The Kier molecular flexibility index (Phi) is 22.4. The van der Waals surface area contributed by atoms with Crippen LogP contribution in [0.2, 0.25) is 0 Å². The molecule has 0 aromatic rings. The van der Waals surface area contributed by atoms with Gasteiger partial charge in [0.1, 0.15) is 29.9 Å². The van der Waals surface area contributed by atoms with Crippen molar-refractivity contribution in [1.82, 2.24) is 0 Å². The molecule has 0 spiro atoms. The van der Waals surface area contributed by atoms with E-state index in [1.165, 1.54) is 77.0 Å². The van der Waals surface area contributed by atoms with Crippen molar-refractivity contribution in [3.05, 3.63) is 0 Å². The summed E-state index contributed by atoms with van der Waals surface area (Å²) < 4.78 is 48.9. The van der Waals surface area contributed by atoms with Crippen LogP contribution in [0.15, 0.2) is 0 Å². The molecule has 2 unspecified atom stereocenters. The summed E-state index contributed by atoms with van der Waals surface area (Å²) in [6, 6.07) is 0. The molecule has 228 valence electrons. The summed E-state index contributed by atoms with van der Waals surface area (Å²) in [6.45, 7) is 0.153. The third kappa shape index (κ3) is 18.0. The summed E-state index contributed by atoms with van der Waals surface area (Å²) in [6.07, 6.45) is 18.8. The van der Waals surface area contributed by atoms with Crippen LogP contribution >= 0.6 is 0 Å². The first kappa shape index (κ1) is 39.3. The SMILES string of the molecule is CCCCCCCCCCCCCCCCCCC(=O)OCC1(CO)COC(=O)CC(S(=O)(=O)[O-])C(=O)OC1.[Na+]. The monoisotopic (exact) mass is 600 g/mol. The van der Waals surface area contributed by atoms with Crippen LogP contribution in [-0.4, -0.2) is 67.7 Å². The quantitative estimate of drug-likeness (QED) is 0.0674. The number of carbonyl (C=O) groups excluding carboxylic acids is 3. The first-order valence-corrected chi connectivity index (χ1v) is 16.1. The molecule has 0 aliphatic carbocycles. The molecule has 40 heavy (non-hydrogen) atoms. The van der Waals surface area contributed by atoms with E-state index in [2.05, 4.69) is 6.92 Å². The molecule has 1 aliphatic heterocycles. The number of hydrogen-bond acceptors (Lipinski definition) is 10. The maximum absolute atomic E-state index is 12.2. The summed E-state index contributed by atoms with van der Waals surface area (Å²) in [4.78, 5) is 36.1. The average molecular weight is 601 g/mol. The summed E-state index contributed by atoms with van der Waals surface area (Å²) >= 11 is 0. The van der Waals surface area contributed by atoms with Gasteiger partial charge in [-0.05, 0) is 6.42 Å². The topological polar surface area (TPSA) is 156 Å². The Labute approximate surface area is 262 Å². The zero-order valence-electron chi connectivity index (χ0n) is 24.7. The summed E-state index contributed by atoms with van der Waals surface area (Å²) in [7, 11) is -5.14. The molecule has 0 amide bonds. The van der Waals surface area contributed by atoms with Gasteiger partial charge in [0.25, 0.3) is 0 Å². The smallest absolute Gasteiger partial charge is 0.747 e. The van der Waals surface area contributed by atoms with Gasteiger partial charge in [-0.15, -0.1) is 0 Å². The van der Waals surface area contributed by atoms with Crippen molar-refractivity contribution in [3.63, 3.8) is 0 Å². The average Bonchev–Trinajstić information content (AvgIpc) is 2.96. The first-order chi connectivity index (χ1) is 18.6. The zero-order valence-corrected chi connectivity index (χ0v) is 27.5. The van der Waals surface area contributed by atoms with Gasteiger partial charge < -0.3 is 23.9 Å². The van der Waals surface area contributed by atoms with Crippen LogP contribution in [0.5, 0.6) is 0 Å². The van der Waals surface area contributed by atoms with Gasteiger partial charge in [0.05, 0.1) is 18.4 Å². The van der Waals surface area contributed by atoms with E-state index in [4.69, 9.17) is 14.2 Å². The number of rotatable bonds is 21. The Morgan fingerprint density at radius 2 is 1.32 bits per heavy atom. The molecule has 0 aromatic heterocycles. The van der Waals surface area contributed by atoms with Crippen molar-refractivity contribution in [2.75, 3.05) is 26.4 Å². The van der Waals surface area contributed by atoms with Crippen molar-refractivity contribution < 1.29 is 76.2 Å². The third-order valence-electron chi connectivity index (χ3n) is 7.13. The Balaban J connectivity index is 0.0000152. The number of unbranched alkanes of at least 4 members (excludes halogenated alkanes) is 15. The molecular weight excluding hydrogens is 551 g/mol. The molecule has 10 nitrogen and oxygen atoms in total. The van der Waals surface area contributed by atoms with E-state index < -0.39 is 71.5 Å². The zero-order chi connectivity index (χ0) is 29.0. The molecule has 0 aromatic carbocycles. The fourth-order valence-electron chi connectivity index (χ4n) is 4.45. The van der Waals surface area contributed by atoms with E-state index in [1.54, 1.807) is 0 Å². The van der Waals surface area contributed by atoms with Crippen LogP contribution in [0, 0.1) is 5.41 Å². The molecule has 1 aliphatic rings. The molecule has 0 radical (unpaired) electrons. The van der Waals surface area contributed by atoms with Gasteiger partial charge in [0.2, 0.25) is 0 Å². The minimum absolute atomic E-state index is 0. The number of hydrogen-bond donors (Lipinski definition) is 1. The standard InChI is InChI=1S/C28H50O10S.Na/c1-2-3-4-5-6-7-8-9-10-11-12-13-14-15-16-17-18-25(30)36-21-28(20-29)22-37-26(31)19-24(39(33,34)35)27(32)38-23-28;/h24,29H,2-23H2,1H3,(H,33,34,35);/q;+1/p-1. The normalized spacial score (nSPS) is 19.9. The van der Waals surface area contributed by atoms with Crippen molar-refractivity contribution >= 4 is 28.0 Å². The molecule has 1 fully saturated rings.